The van der Waals surface area contributed by atoms with E-state index in [4.69, 9.17) is 0 Å². The number of nitrogens with zero attached hydrogens (tertiary/aromatic N) is 3. The lowest BCUT2D eigenvalue weighted by molar-refractivity contribution is -0.384. The molecule has 0 aliphatic carbocycles. The fourth-order valence-electron chi connectivity index (χ4n) is 3.03. The number of rotatable bonds is 4. The van der Waals surface area contributed by atoms with Gasteiger partial charge in [0.25, 0.3) is 5.69 Å². The molecule has 3 aromatic carbocycles. The first-order chi connectivity index (χ1) is 12.8. The summed E-state index contributed by atoms with van der Waals surface area (Å²) in [6.45, 7) is 0. The summed E-state index contributed by atoms with van der Waals surface area (Å²) < 4.78 is 1.79. The summed E-state index contributed by atoms with van der Waals surface area (Å²) in [7, 11) is 0. The summed E-state index contributed by atoms with van der Waals surface area (Å²) in [4.78, 5) is 15.7. The van der Waals surface area contributed by atoms with Gasteiger partial charge in [-0.15, -0.1) is 0 Å². The van der Waals surface area contributed by atoms with Crippen LogP contribution in [0.25, 0.3) is 28.2 Å². The number of aromatic nitrogens is 2. The highest BCUT2D eigenvalue weighted by atomic mass is 16.6. The minimum Gasteiger partial charge on any atom is -0.292 e. The highest BCUT2D eigenvalue weighted by molar-refractivity contribution is 5.80. The molecule has 0 atom stereocenters. The fraction of sp³-hybridized carbons (Fsp3) is 0. The SMILES string of the molecule is O=[N+]([O-])c1ccccc1-n1cnc(-c2ccccc2)c1-c1ccccc1. The van der Waals surface area contributed by atoms with E-state index in [9.17, 15) is 10.1 Å². The third-order valence-corrected chi connectivity index (χ3v) is 4.20. The molecule has 0 aliphatic rings. The second-order valence-corrected chi connectivity index (χ2v) is 5.79. The van der Waals surface area contributed by atoms with E-state index in [2.05, 4.69) is 4.98 Å². The number of benzene rings is 3. The Kier molecular flexibility index (Phi) is 4.03. The zero-order valence-corrected chi connectivity index (χ0v) is 13.8. The van der Waals surface area contributed by atoms with Crippen LogP contribution in [0.1, 0.15) is 0 Å². The molecule has 0 bridgehead atoms. The Hall–Kier alpha value is -3.73. The van der Waals surface area contributed by atoms with E-state index in [-0.39, 0.29) is 10.6 Å². The molecule has 5 heteroatoms. The molecule has 0 N–H and O–H groups in total. The number of imidazole rings is 1. The van der Waals surface area contributed by atoms with Crippen molar-refractivity contribution in [2.45, 2.75) is 0 Å². The van der Waals surface area contributed by atoms with Crippen molar-refractivity contribution in [1.82, 2.24) is 9.55 Å². The molecular formula is C21H15N3O2. The van der Waals surface area contributed by atoms with Crippen LogP contribution in [0.5, 0.6) is 0 Å². The average molecular weight is 341 g/mol. The van der Waals surface area contributed by atoms with Crippen LogP contribution in [-0.2, 0) is 0 Å². The van der Waals surface area contributed by atoms with Gasteiger partial charge in [0.15, 0.2) is 0 Å². The van der Waals surface area contributed by atoms with Gasteiger partial charge in [-0.25, -0.2) is 4.98 Å². The van der Waals surface area contributed by atoms with Gasteiger partial charge in [0, 0.05) is 17.2 Å². The van der Waals surface area contributed by atoms with Crippen LogP contribution in [-0.4, -0.2) is 14.5 Å². The quantitative estimate of drug-likeness (QED) is 0.382. The highest BCUT2D eigenvalue weighted by Gasteiger charge is 2.21. The smallest absolute Gasteiger partial charge is 0.292 e. The van der Waals surface area contributed by atoms with Crippen molar-refractivity contribution in [2.75, 3.05) is 0 Å². The maximum Gasteiger partial charge on any atom is 0.293 e. The van der Waals surface area contributed by atoms with Crippen LogP contribution in [0.15, 0.2) is 91.3 Å². The molecule has 4 aromatic rings. The first kappa shape index (κ1) is 15.8. The van der Waals surface area contributed by atoms with Crippen molar-refractivity contribution >= 4 is 5.69 Å². The molecule has 0 unspecified atom stereocenters. The van der Waals surface area contributed by atoms with Crippen LogP contribution in [0.4, 0.5) is 5.69 Å². The summed E-state index contributed by atoms with van der Waals surface area (Å²) in [5.74, 6) is 0. The first-order valence-corrected chi connectivity index (χ1v) is 8.17. The second-order valence-electron chi connectivity index (χ2n) is 5.79. The largest absolute Gasteiger partial charge is 0.293 e. The van der Waals surface area contributed by atoms with Crippen LogP contribution in [0, 0.1) is 10.1 Å². The molecule has 1 aromatic heterocycles. The number of nitro groups is 1. The minimum atomic E-state index is -0.369. The molecular weight excluding hydrogens is 326 g/mol. The first-order valence-electron chi connectivity index (χ1n) is 8.17. The van der Waals surface area contributed by atoms with Gasteiger partial charge in [-0.3, -0.25) is 14.7 Å². The Morgan fingerprint density at radius 1 is 0.769 bits per heavy atom. The van der Waals surface area contributed by atoms with E-state index < -0.39 is 0 Å². The molecule has 0 saturated carbocycles. The van der Waals surface area contributed by atoms with Crippen LogP contribution in [0.2, 0.25) is 0 Å². The number of hydrogen-bond acceptors (Lipinski definition) is 3. The maximum absolute atomic E-state index is 11.5. The third kappa shape index (κ3) is 2.75. The lowest BCUT2D eigenvalue weighted by Crippen LogP contribution is -2.01. The highest BCUT2D eigenvalue weighted by Crippen LogP contribution is 2.35. The molecule has 0 radical (unpaired) electrons. The second kappa shape index (κ2) is 6.64. The van der Waals surface area contributed by atoms with Crippen molar-refractivity contribution in [1.29, 1.82) is 0 Å². The topological polar surface area (TPSA) is 61.0 Å². The van der Waals surface area contributed by atoms with Crippen LogP contribution < -0.4 is 0 Å². The monoisotopic (exact) mass is 341 g/mol. The Morgan fingerprint density at radius 2 is 1.35 bits per heavy atom. The minimum absolute atomic E-state index is 0.0432. The molecule has 5 nitrogen and oxygen atoms in total. The van der Waals surface area contributed by atoms with Crippen molar-refractivity contribution < 1.29 is 4.92 Å². The fourth-order valence-corrected chi connectivity index (χ4v) is 3.03. The van der Waals surface area contributed by atoms with Gasteiger partial charge in [0.1, 0.15) is 12.0 Å². The molecule has 1 heterocycles. The molecule has 26 heavy (non-hydrogen) atoms. The van der Waals surface area contributed by atoms with Crippen LogP contribution >= 0.6 is 0 Å². The predicted octanol–water partition coefficient (Wildman–Crippen LogP) is 5.11. The zero-order chi connectivity index (χ0) is 17.9. The molecule has 0 fully saturated rings. The summed E-state index contributed by atoms with van der Waals surface area (Å²) in [6, 6.07) is 26.3. The Bertz CT molecular complexity index is 1060. The van der Waals surface area contributed by atoms with Gasteiger partial charge in [-0.2, -0.15) is 0 Å². The van der Waals surface area contributed by atoms with Gasteiger partial charge in [-0.1, -0.05) is 72.8 Å². The van der Waals surface area contributed by atoms with E-state index >= 15 is 0 Å². The summed E-state index contributed by atoms with van der Waals surface area (Å²) in [5.41, 5.74) is 4.06. The van der Waals surface area contributed by atoms with Gasteiger partial charge >= 0.3 is 0 Å². The third-order valence-electron chi connectivity index (χ3n) is 4.20. The lowest BCUT2D eigenvalue weighted by Gasteiger charge is -2.11. The summed E-state index contributed by atoms with van der Waals surface area (Å²) >= 11 is 0. The number of hydrogen-bond donors (Lipinski definition) is 0. The Balaban J connectivity index is 2.01. The molecule has 126 valence electrons. The summed E-state index contributed by atoms with van der Waals surface area (Å²) in [5, 5.41) is 11.5. The van der Waals surface area contributed by atoms with E-state index in [1.807, 2.05) is 60.7 Å². The molecule has 0 saturated heterocycles. The van der Waals surface area contributed by atoms with Gasteiger partial charge in [-0.05, 0) is 6.07 Å². The van der Waals surface area contributed by atoms with Crippen molar-refractivity contribution in [3.8, 4) is 28.2 Å². The maximum atomic E-state index is 11.5. The number of para-hydroxylation sites is 2. The predicted molar refractivity (Wildman–Crippen MR) is 101 cm³/mol. The standard InChI is InChI=1S/C21H15N3O2/c25-24(26)19-14-8-7-13-18(19)23-15-22-20(16-9-3-1-4-10-16)21(23)17-11-5-2-6-12-17/h1-15H. The van der Waals surface area contributed by atoms with Gasteiger partial charge in [0.05, 0.1) is 16.3 Å². The zero-order valence-electron chi connectivity index (χ0n) is 13.8. The normalized spacial score (nSPS) is 10.6. The van der Waals surface area contributed by atoms with E-state index in [0.29, 0.717) is 5.69 Å². The molecule has 0 amide bonds. The Labute approximate surface area is 150 Å². The molecule has 4 rings (SSSR count). The lowest BCUT2D eigenvalue weighted by atomic mass is 10.0. The van der Waals surface area contributed by atoms with Crippen molar-refractivity contribution in [3.05, 3.63) is 101 Å². The molecule has 0 spiro atoms. The average Bonchev–Trinajstić information content (AvgIpc) is 3.14. The van der Waals surface area contributed by atoms with E-state index in [1.165, 1.54) is 6.07 Å². The van der Waals surface area contributed by atoms with E-state index in [1.54, 1.807) is 29.1 Å². The van der Waals surface area contributed by atoms with Gasteiger partial charge in [0.2, 0.25) is 0 Å². The van der Waals surface area contributed by atoms with Crippen LogP contribution in [0.3, 0.4) is 0 Å². The van der Waals surface area contributed by atoms with Crippen molar-refractivity contribution in [3.63, 3.8) is 0 Å². The summed E-state index contributed by atoms with van der Waals surface area (Å²) in [6.07, 6.45) is 1.65. The van der Waals surface area contributed by atoms with E-state index in [0.717, 1.165) is 22.5 Å². The van der Waals surface area contributed by atoms with Gasteiger partial charge < -0.3 is 0 Å². The Morgan fingerprint density at radius 3 is 2.00 bits per heavy atom. The number of nitro benzene ring substituents is 1. The molecule has 0 aliphatic heterocycles. The van der Waals surface area contributed by atoms with Crippen molar-refractivity contribution in [2.24, 2.45) is 0 Å².